The normalized spacial score (nSPS) is 11.1. The summed E-state index contributed by atoms with van der Waals surface area (Å²) in [4.78, 5) is -0.297. The van der Waals surface area contributed by atoms with Crippen LogP contribution in [0, 0.1) is 11.3 Å². The van der Waals surface area contributed by atoms with Crippen molar-refractivity contribution >= 4 is 31.3 Å². The second-order valence-electron chi connectivity index (χ2n) is 2.69. The molecular formula is C8H6Cl2N2O2S. The number of rotatable bonds is 2. The molecule has 0 saturated heterocycles. The summed E-state index contributed by atoms with van der Waals surface area (Å²) in [5, 5.41) is 8.91. The molecule has 0 atom stereocenters. The quantitative estimate of drug-likeness (QED) is 0.823. The van der Waals surface area contributed by atoms with Crippen LogP contribution in [0.25, 0.3) is 0 Å². The molecule has 1 rings (SSSR count). The molecule has 0 spiro atoms. The first kappa shape index (κ1) is 12.3. The Morgan fingerprint density at radius 2 is 2.07 bits per heavy atom. The van der Waals surface area contributed by atoms with Gasteiger partial charge in [0.25, 0.3) is 9.05 Å². The van der Waals surface area contributed by atoms with E-state index in [9.17, 15) is 8.42 Å². The van der Waals surface area contributed by atoms with Gasteiger partial charge in [0.15, 0.2) is 0 Å². The van der Waals surface area contributed by atoms with Gasteiger partial charge < -0.3 is 5.73 Å². The standard InChI is InChI=1S/C8H6Cl2N2O2S/c9-7-2-8(15(10,13)14)6(4-12)1-5(7)3-11/h1-2H,3,11H2. The topological polar surface area (TPSA) is 83.9 Å². The molecule has 0 heterocycles. The molecular weight excluding hydrogens is 259 g/mol. The van der Waals surface area contributed by atoms with E-state index in [0.717, 1.165) is 6.07 Å². The second kappa shape index (κ2) is 4.37. The van der Waals surface area contributed by atoms with E-state index < -0.39 is 9.05 Å². The van der Waals surface area contributed by atoms with Crippen LogP contribution in [0.4, 0.5) is 0 Å². The lowest BCUT2D eigenvalue weighted by Gasteiger charge is -2.05. The maximum atomic E-state index is 11.1. The van der Waals surface area contributed by atoms with Crippen molar-refractivity contribution in [2.75, 3.05) is 0 Å². The molecule has 4 nitrogen and oxygen atoms in total. The van der Waals surface area contributed by atoms with Gasteiger partial charge in [-0.25, -0.2) is 8.42 Å². The van der Waals surface area contributed by atoms with Crippen molar-refractivity contribution in [1.29, 1.82) is 5.26 Å². The van der Waals surface area contributed by atoms with E-state index in [-0.39, 0.29) is 22.0 Å². The summed E-state index contributed by atoms with van der Waals surface area (Å²) in [6, 6.07) is 4.17. The fourth-order valence-corrected chi connectivity index (χ4v) is 2.36. The van der Waals surface area contributed by atoms with Crippen molar-refractivity contribution in [2.24, 2.45) is 5.73 Å². The molecule has 0 amide bonds. The van der Waals surface area contributed by atoms with Crippen LogP contribution in [0.2, 0.25) is 5.02 Å². The largest absolute Gasteiger partial charge is 0.326 e. The Morgan fingerprint density at radius 1 is 1.47 bits per heavy atom. The van der Waals surface area contributed by atoms with Gasteiger partial charge in [0.1, 0.15) is 11.0 Å². The fourth-order valence-electron chi connectivity index (χ4n) is 1.05. The molecule has 1 aromatic carbocycles. The number of nitrogens with two attached hydrogens (primary N) is 1. The molecule has 1 aromatic rings. The van der Waals surface area contributed by atoms with Gasteiger partial charge in [-0.1, -0.05) is 11.6 Å². The van der Waals surface area contributed by atoms with E-state index in [1.54, 1.807) is 6.07 Å². The highest BCUT2D eigenvalue weighted by Crippen LogP contribution is 2.26. The van der Waals surface area contributed by atoms with Gasteiger partial charge in [0.05, 0.1) is 5.56 Å². The fraction of sp³-hybridized carbons (Fsp3) is 0.125. The van der Waals surface area contributed by atoms with E-state index in [0.29, 0.717) is 5.56 Å². The second-order valence-corrected chi connectivity index (χ2v) is 5.64. The summed E-state index contributed by atoms with van der Waals surface area (Å²) in [6.45, 7) is 0.121. The van der Waals surface area contributed by atoms with Crippen LogP contribution in [0.1, 0.15) is 11.1 Å². The van der Waals surface area contributed by atoms with Gasteiger partial charge in [0.2, 0.25) is 0 Å². The number of hydrogen-bond donors (Lipinski definition) is 1. The van der Waals surface area contributed by atoms with Crippen LogP contribution in [0.3, 0.4) is 0 Å². The summed E-state index contributed by atoms with van der Waals surface area (Å²) >= 11 is 5.75. The lowest BCUT2D eigenvalue weighted by atomic mass is 10.1. The zero-order chi connectivity index (χ0) is 11.6. The highest BCUT2D eigenvalue weighted by molar-refractivity contribution is 8.13. The van der Waals surface area contributed by atoms with Crippen molar-refractivity contribution in [3.63, 3.8) is 0 Å². The average Bonchev–Trinajstić information content (AvgIpc) is 2.16. The number of hydrogen-bond acceptors (Lipinski definition) is 4. The van der Waals surface area contributed by atoms with Crippen molar-refractivity contribution in [1.82, 2.24) is 0 Å². The van der Waals surface area contributed by atoms with E-state index in [4.69, 9.17) is 33.3 Å². The highest BCUT2D eigenvalue weighted by atomic mass is 35.7. The molecule has 0 unspecified atom stereocenters. The summed E-state index contributed by atoms with van der Waals surface area (Å²) in [6.07, 6.45) is 0. The van der Waals surface area contributed by atoms with Crippen LogP contribution in [-0.2, 0) is 15.6 Å². The predicted molar refractivity (Wildman–Crippen MR) is 57.1 cm³/mol. The van der Waals surface area contributed by atoms with Gasteiger partial charge in [-0.2, -0.15) is 5.26 Å². The minimum absolute atomic E-state index is 0.0603. The molecule has 0 aromatic heterocycles. The molecule has 0 radical (unpaired) electrons. The van der Waals surface area contributed by atoms with Crippen LogP contribution in [0.5, 0.6) is 0 Å². The van der Waals surface area contributed by atoms with E-state index in [1.807, 2.05) is 0 Å². The summed E-state index contributed by atoms with van der Waals surface area (Å²) in [7, 11) is 1.17. The minimum Gasteiger partial charge on any atom is -0.326 e. The van der Waals surface area contributed by atoms with E-state index in [2.05, 4.69) is 0 Å². The summed E-state index contributed by atoms with van der Waals surface area (Å²) < 4.78 is 22.2. The monoisotopic (exact) mass is 264 g/mol. The van der Waals surface area contributed by atoms with Crippen molar-refractivity contribution in [3.8, 4) is 6.07 Å². The summed E-state index contributed by atoms with van der Waals surface area (Å²) in [5.74, 6) is 0. The lowest BCUT2D eigenvalue weighted by molar-refractivity contribution is 0.609. The number of benzene rings is 1. The SMILES string of the molecule is N#Cc1cc(CN)c(Cl)cc1S(=O)(=O)Cl. The lowest BCUT2D eigenvalue weighted by Crippen LogP contribution is -2.02. The van der Waals surface area contributed by atoms with Crippen molar-refractivity contribution < 1.29 is 8.42 Å². The van der Waals surface area contributed by atoms with E-state index in [1.165, 1.54) is 6.07 Å². The molecule has 0 aliphatic rings. The smallest absolute Gasteiger partial charge is 0.262 e. The highest BCUT2D eigenvalue weighted by Gasteiger charge is 2.18. The Kier molecular flexibility index (Phi) is 3.58. The molecule has 0 bridgehead atoms. The van der Waals surface area contributed by atoms with Gasteiger partial charge in [0, 0.05) is 22.2 Å². The Morgan fingerprint density at radius 3 is 2.47 bits per heavy atom. The average molecular weight is 265 g/mol. The molecule has 0 aliphatic carbocycles. The zero-order valence-electron chi connectivity index (χ0n) is 7.37. The van der Waals surface area contributed by atoms with Gasteiger partial charge >= 0.3 is 0 Å². The molecule has 0 fully saturated rings. The van der Waals surface area contributed by atoms with E-state index >= 15 is 0 Å². The van der Waals surface area contributed by atoms with Crippen LogP contribution >= 0.6 is 22.3 Å². The first-order chi connectivity index (χ1) is 6.90. The van der Waals surface area contributed by atoms with Crippen molar-refractivity contribution in [3.05, 3.63) is 28.3 Å². The minimum atomic E-state index is -3.97. The Bertz CT molecular complexity index is 534. The maximum Gasteiger partial charge on any atom is 0.262 e. The number of nitrogens with zero attached hydrogens (tertiary/aromatic N) is 1. The van der Waals surface area contributed by atoms with Crippen LogP contribution in [-0.4, -0.2) is 8.42 Å². The molecule has 15 heavy (non-hydrogen) atoms. The molecule has 80 valence electrons. The Balaban J connectivity index is 3.57. The van der Waals surface area contributed by atoms with Crippen LogP contribution in [0.15, 0.2) is 17.0 Å². The predicted octanol–water partition coefficient (Wildman–Crippen LogP) is 1.60. The first-order valence-electron chi connectivity index (χ1n) is 3.77. The third kappa shape index (κ3) is 2.61. The zero-order valence-corrected chi connectivity index (χ0v) is 9.70. The first-order valence-corrected chi connectivity index (χ1v) is 6.46. The molecule has 0 aliphatic heterocycles. The van der Waals surface area contributed by atoms with Gasteiger partial charge in [-0.05, 0) is 17.7 Å². The summed E-state index contributed by atoms with van der Waals surface area (Å²) in [5.41, 5.74) is 5.79. The Labute approximate surface area is 96.6 Å². The molecule has 2 N–H and O–H groups in total. The number of halogens is 2. The maximum absolute atomic E-state index is 11.1. The van der Waals surface area contributed by atoms with Gasteiger partial charge in [-0.15, -0.1) is 0 Å². The molecule has 7 heteroatoms. The Hall–Kier alpha value is -0.800. The van der Waals surface area contributed by atoms with Crippen molar-refractivity contribution in [2.45, 2.75) is 11.4 Å². The third-order valence-electron chi connectivity index (χ3n) is 1.75. The van der Waals surface area contributed by atoms with Crippen LogP contribution < -0.4 is 5.73 Å². The third-order valence-corrected chi connectivity index (χ3v) is 3.47. The van der Waals surface area contributed by atoms with Gasteiger partial charge in [-0.3, -0.25) is 0 Å². The number of nitriles is 1. The molecule has 0 saturated carbocycles.